The quantitative estimate of drug-likeness (QED) is 0.0451. The van der Waals surface area contributed by atoms with Crippen molar-refractivity contribution in [1.29, 1.82) is 5.26 Å². The highest BCUT2D eigenvalue weighted by atomic mass is 16.3. The smallest absolute Gasteiger partial charge is 0.234 e. The highest BCUT2D eigenvalue weighted by molar-refractivity contribution is 6.02. The van der Waals surface area contributed by atoms with Crippen LogP contribution in [0.1, 0.15) is 132 Å². The molecule has 7 heteroatoms. The molecule has 0 spiro atoms. The van der Waals surface area contributed by atoms with E-state index in [4.69, 9.17) is 9.40 Å². The monoisotopic (exact) mass is 723 g/mol. The molecule has 282 valence electrons. The topological polar surface area (TPSA) is 88.0 Å². The summed E-state index contributed by atoms with van der Waals surface area (Å²) in [7, 11) is 0. The number of unbranched alkanes of at least 4 members (excludes halogenated alkanes) is 9. The number of nitriles is 1. The number of benzene rings is 2. The van der Waals surface area contributed by atoms with Gasteiger partial charge in [-0.3, -0.25) is 14.3 Å². The SMILES string of the molecule is CCCCCCCC/C=C\CCCC(CCCC/C=C(\C#N)c1cn(C(=O)C2CCN(c3cocn3)CC2)c2ccccc12)c1nccc2ccccc12. The molecule has 0 amide bonds. The van der Waals surface area contributed by atoms with Crippen LogP contribution in [0, 0.1) is 17.2 Å². The third-order valence-corrected chi connectivity index (χ3v) is 11.2. The Bertz CT molecular complexity index is 2000. The van der Waals surface area contributed by atoms with Crippen LogP contribution in [-0.4, -0.2) is 33.5 Å². The number of nitrogens with zero attached hydrogens (tertiary/aromatic N) is 5. The van der Waals surface area contributed by atoms with Gasteiger partial charge in [-0.1, -0.05) is 106 Å². The molecule has 0 aliphatic carbocycles. The third-order valence-electron chi connectivity index (χ3n) is 11.2. The minimum Gasteiger partial charge on any atom is -0.449 e. The molecule has 1 aliphatic heterocycles. The van der Waals surface area contributed by atoms with Gasteiger partial charge in [0.2, 0.25) is 5.91 Å². The number of rotatable bonds is 20. The van der Waals surface area contributed by atoms with Crippen LogP contribution in [0.15, 0.2) is 102 Å². The molecular formula is C47H57N5O2. The first-order valence-electron chi connectivity index (χ1n) is 20.5. The molecule has 1 saturated heterocycles. The van der Waals surface area contributed by atoms with Crippen LogP contribution < -0.4 is 4.90 Å². The lowest BCUT2D eigenvalue weighted by atomic mass is 9.89. The zero-order chi connectivity index (χ0) is 37.4. The van der Waals surface area contributed by atoms with E-state index in [1.54, 1.807) is 10.8 Å². The molecule has 2 aromatic carbocycles. The molecule has 1 unspecified atom stereocenters. The standard InChI is InChI=1S/C47H57N5O2/c1-2-3-4-5-6-7-8-9-10-11-13-21-38(46-41-24-17-16-20-37(41)27-30-49-46)22-14-12-15-23-40(33-48)43-34-52(44-26-19-18-25-42(43)44)47(53)39-28-31-51(32-29-39)45-35-54-36-50-45/h9-10,16-20,23-27,30,34-36,38-39H,2-8,11-15,21-22,28-29,31-32H2,1H3/b10-9-,40-23+. The summed E-state index contributed by atoms with van der Waals surface area (Å²) in [6, 6.07) is 21.2. The fourth-order valence-corrected chi connectivity index (χ4v) is 8.13. The maximum Gasteiger partial charge on any atom is 0.234 e. The van der Waals surface area contributed by atoms with E-state index >= 15 is 0 Å². The van der Waals surface area contributed by atoms with Gasteiger partial charge in [0.1, 0.15) is 6.26 Å². The van der Waals surface area contributed by atoms with Crippen molar-refractivity contribution in [1.82, 2.24) is 14.5 Å². The molecule has 5 aromatic rings. The van der Waals surface area contributed by atoms with Crippen molar-refractivity contribution in [3.8, 4) is 6.07 Å². The number of pyridine rings is 1. The highest BCUT2D eigenvalue weighted by Crippen LogP contribution is 2.33. The van der Waals surface area contributed by atoms with E-state index in [-0.39, 0.29) is 11.8 Å². The number of para-hydroxylation sites is 1. The van der Waals surface area contributed by atoms with Gasteiger partial charge in [0.05, 0.1) is 22.9 Å². The minimum atomic E-state index is -0.0865. The second kappa shape index (κ2) is 20.5. The summed E-state index contributed by atoms with van der Waals surface area (Å²) in [6.45, 7) is 3.79. The van der Waals surface area contributed by atoms with Gasteiger partial charge in [-0.15, -0.1) is 0 Å². The number of carbonyl (C=O) groups is 1. The van der Waals surface area contributed by atoms with Crippen molar-refractivity contribution in [2.45, 2.75) is 116 Å². The Labute approximate surface area is 321 Å². The predicted molar refractivity (Wildman–Crippen MR) is 222 cm³/mol. The normalized spacial score (nSPS) is 14.7. The molecule has 1 fully saturated rings. The summed E-state index contributed by atoms with van der Waals surface area (Å²) in [6.07, 6.45) is 31.9. The van der Waals surface area contributed by atoms with E-state index in [1.165, 1.54) is 67.8 Å². The van der Waals surface area contributed by atoms with Gasteiger partial charge >= 0.3 is 0 Å². The van der Waals surface area contributed by atoms with E-state index < -0.39 is 0 Å². The molecule has 0 bridgehead atoms. The number of carbonyl (C=O) groups excluding carboxylic acids is 1. The van der Waals surface area contributed by atoms with E-state index in [9.17, 15) is 10.1 Å². The van der Waals surface area contributed by atoms with Crippen LogP contribution in [0.4, 0.5) is 5.82 Å². The average molecular weight is 724 g/mol. The number of aromatic nitrogens is 3. The second-order valence-electron chi connectivity index (χ2n) is 15.0. The summed E-state index contributed by atoms with van der Waals surface area (Å²) in [5.41, 5.74) is 3.56. The molecule has 6 rings (SSSR count). The first-order chi connectivity index (χ1) is 26.7. The van der Waals surface area contributed by atoms with Crippen molar-refractivity contribution in [2.24, 2.45) is 5.92 Å². The number of hydrogen-bond donors (Lipinski definition) is 0. The van der Waals surface area contributed by atoms with Gasteiger partial charge < -0.3 is 9.32 Å². The number of hydrogen-bond acceptors (Lipinski definition) is 6. The average Bonchev–Trinajstić information content (AvgIpc) is 3.90. The largest absolute Gasteiger partial charge is 0.449 e. The minimum absolute atomic E-state index is 0.0865. The number of piperidine rings is 1. The van der Waals surface area contributed by atoms with Gasteiger partial charge in [-0.2, -0.15) is 10.2 Å². The Kier molecular flexibility index (Phi) is 14.7. The Morgan fingerprint density at radius 2 is 1.59 bits per heavy atom. The lowest BCUT2D eigenvalue weighted by Crippen LogP contribution is -2.37. The zero-order valence-corrected chi connectivity index (χ0v) is 32.2. The molecule has 54 heavy (non-hydrogen) atoms. The molecular weight excluding hydrogens is 667 g/mol. The van der Waals surface area contributed by atoms with Crippen molar-refractivity contribution in [3.63, 3.8) is 0 Å². The molecule has 4 heterocycles. The number of anilines is 1. The van der Waals surface area contributed by atoms with Crippen molar-refractivity contribution in [3.05, 3.63) is 109 Å². The van der Waals surface area contributed by atoms with Crippen LogP contribution in [-0.2, 0) is 0 Å². The first-order valence-corrected chi connectivity index (χ1v) is 20.5. The van der Waals surface area contributed by atoms with Crippen molar-refractivity contribution < 1.29 is 9.21 Å². The maximum atomic E-state index is 13.9. The summed E-state index contributed by atoms with van der Waals surface area (Å²) in [5, 5.41) is 13.8. The first kappa shape index (κ1) is 38.8. The van der Waals surface area contributed by atoms with Gasteiger partial charge in [0.15, 0.2) is 12.2 Å². The summed E-state index contributed by atoms with van der Waals surface area (Å²) in [5.74, 6) is 1.22. The fraction of sp³-hybridized carbons (Fsp3) is 0.447. The molecule has 1 aliphatic rings. The van der Waals surface area contributed by atoms with Crippen LogP contribution in [0.3, 0.4) is 0 Å². The van der Waals surface area contributed by atoms with Gasteiger partial charge in [0, 0.05) is 53.7 Å². The van der Waals surface area contributed by atoms with E-state index in [0.717, 1.165) is 93.2 Å². The molecule has 1 atom stereocenters. The molecule has 3 aromatic heterocycles. The van der Waals surface area contributed by atoms with Gasteiger partial charge in [0.25, 0.3) is 0 Å². The van der Waals surface area contributed by atoms with Crippen LogP contribution >= 0.6 is 0 Å². The predicted octanol–water partition coefficient (Wildman–Crippen LogP) is 12.5. The van der Waals surface area contributed by atoms with E-state index in [0.29, 0.717) is 11.5 Å². The molecule has 0 saturated carbocycles. The second-order valence-corrected chi connectivity index (χ2v) is 15.0. The zero-order valence-electron chi connectivity index (χ0n) is 32.2. The van der Waals surface area contributed by atoms with E-state index in [1.807, 2.05) is 36.7 Å². The summed E-state index contributed by atoms with van der Waals surface area (Å²) in [4.78, 5) is 25.3. The van der Waals surface area contributed by atoms with Crippen LogP contribution in [0.5, 0.6) is 0 Å². The van der Waals surface area contributed by atoms with Gasteiger partial charge in [-0.25, -0.2) is 0 Å². The fourth-order valence-electron chi connectivity index (χ4n) is 8.13. The highest BCUT2D eigenvalue weighted by Gasteiger charge is 2.28. The summed E-state index contributed by atoms with van der Waals surface area (Å²) >= 11 is 0. The molecule has 0 radical (unpaired) electrons. The van der Waals surface area contributed by atoms with Crippen molar-refractivity contribution >= 4 is 39.0 Å². The Morgan fingerprint density at radius 1 is 0.870 bits per heavy atom. The van der Waals surface area contributed by atoms with Crippen LogP contribution in [0.25, 0.3) is 27.2 Å². The maximum absolute atomic E-state index is 13.9. The molecule has 7 nitrogen and oxygen atoms in total. The number of allylic oxidation sites excluding steroid dienone is 4. The summed E-state index contributed by atoms with van der Waals surface area (Å²) < 4.78 is 6.95. The molecule has 0 N–H and O–H groups in total. The number of oxazole rings is 1. The van der Waals surface area contributed by atoms with Crippen molar-refractivity contribution in [2.75, 3.05) is 18.0 Å². The Balaban J connectivity index is 1.06. The Hall–Kier alpha value is -4.96. The number of fused-ring (bicyclic) bond motifs is 2. The van der Waals surface area contributed by atoms with Gasteiger partial charge in [-0.05, 0) is 81.7 Å². The van der Waals surface area contributed by atoms with Crippen LogP contribution in [0.2, 0.25) is 0 Å². The van der Waals surface area contributed by atoms with E-state index in [2.05, 4.69) is 71.4 Å². The third kappa shape index (κ3) is 10.2. The lowest BCUT2D eigenvalue weighted by Gasteiger charge is -2.31. The Morgan fingerprint density at radius 3 is 2.39 bits per heavy atom. The lowest BCUT2D eigenvalue weighted by molar-refractivity contribution is 0.0819.